The molecule has 3 rings (SSSR count). The van der Waals surface area contributed by atoms with E-state index in [1.807, 2.05) is 19.1 Å². The van der Waals surface area contributed by atoms with Gasteiger partial charge in [-0.15, -0.1) is 0 Å². The fraction of sp³-hybridized carbons (Fsp3) is 0.292. The van der Waals surface area contributed by atoms with Crippen molar-refractivity contribution >= 4 is 22.9 Å². The van der Waals surface area contributed by atoms with Crippen molar-refractivity contribution in [1.82, 2.24) is 20.5 Å². The van der Waals surface area contributed by atoms with E-state index < -0.39 is 0 Å². The SMILES string of the molecule is C=C/C(NC=O)=C(\C=C/C)/C=C(\C)c1cc2cc(CN3CCNCC3)ccc2[nH]1. The maximum Gasteiger partial charge on any atom is 0.211 e. The van der Waals surface area contributed by atoms with E-state index in [0.717, 1.165) is 55.1 Å². The Hall–Kier alpha value is -2.89. The number of hydrogen-bond acceptors (Lipinski definition) is 3. The first-order chi connectivity index (χ1) is 14.1. The number of H-pyrrole nitrogens is 1. The van der Waals surface area contributed by atoms with Crippen LogP contribution in [-0.4, -0.2) is 42.5 Å². The zero-order valence-corrected chi connectivity index (χ0v) is 17.3. The predicted octanol–water partition coefficient (Wildman–Crippen LogP) is 3.74. The summed E-state index contributed by atoms with van der Waals surface area (Å²) in [6, 6.07) is 8.83. The number of carbonyl (C=O) groups is 1. The molecule has 0 unspecified atom stereocenters. The van der Waals surface area contributed by atoms with Crippen LogP contribution in [0.3, 0.4) is 0 Å². The van der Waals surface area contributed by atoms with Crippen LogP contribution in [0.25, 0.3) is 16.5 Å². The lowest BCUT2D eigenvalue weighted by Crippen LogP contribution is -2.42. The molecule has 1 amide bonds. The molecule has 3 N–H and O–H groups in total. The molecule has 152 valence electrons. The van der Waals surface area contributed by atoms with E-state index >= 15 is 0 Å². The summed E-state index contributed by atoms with van der Waals surface area (Å²) in [7, 11) is 0. The van der Waals surface area contributed by atoms with Crippen molar-refractivity contribution in [1.29, 1.82) is 0 Å². The molecule has 2 aromatic rings. The lowest BCUT2D eigenvalue weighted by molar-refractivity contribution is -0.108. The zero-order valence-electron chi connectivity index (χ0n) is 17.3. The van der Waals surface area contributed by atoms with Gasteiger partial charge < -0.3 is 15.6 Å². The van der Waals surface area contributed by atoms with Gasteiger partial charge in [0, 0.05) is 55.0 Å². The number of benzene rings is 1. The Kier molecular flexibility index (Phi) is 7.22. The molecule has 0 radical (unpaired) electrons. The molecule has 0 bridgehead atoms. The number of piperazine rings is 1. The maximum atomic E-state index is 10.9. The molecule has 5 nitrogen and oxygen atoms in total. The summed E-state index contributed by atoms with van der Waals surface area (Å²) in [5, 5.41) is 7.33. The fourth-order valence-electron chi connectivity index (χ4n) is 3.65. The third-order valence-electron chi connectivity index (χ3n) is 5.17. The van der Waals surface area contributed by atoms with E-state index in [4.69, 9.17) is 0 Å². The number of aromatic amines is 1. The lowest BCUT2D eigenvalue weighted by Gasteiger charge is -2.27. The van der Waals surface area contributed by atoms with Gasteiger partial charge in [0.15, 0.2) is 0 Å². The summed E-state index contributed by atoms with van der Waals surface area (Å²) in [5.74, 6) is 0. The third kappa shape index (κ3) is 5.34. The molecule has 1 aliphatic heterocycles. The van der Waals surface area contributed by atoms with Crippen molar-refractivity contribution < 1.29 is 4.79 Å². The predicted molar refractivity (Wildman–Crippen MR) is 121 cm³/mol. The van der Waals surface area contributed by atoms with Crippen molar-refractivity contribution in [3.05, 3.63) is 77.7 Å². The molecule has 1 fully saturated rings. The van der Waals surface area contributed by atoms with Gasteiger partial charge in [-0.1, -0.05) is 24.8 Å². The molecule has 5 heteroatoms. The summed E-state index contributed by atoms with van der Waals surface area (Å²) in [6.07, 6.45) is 8.29. The number of nitrogens with zero attached hydrogens (tertiary/aromatic N) is 1. The number of rotatable bonds is 8. The number of allylic oxidation sites excluding steroid dienone is 6. The van der Waals surface area contributed by atoms with E-state index in [1.165, 1.54) is 10.9 Å². The number of amides is 1. The molecule has 1 aromatic carbocycles. The van der Waals surface area contributed by atoms with E-state index in [1.54, 1.807) is 6.08 Å². The minimum absolute atomic E-state index is 0.673. The molecule has 29 heavy (non-hydrogen) atoms. The monoisotopic (exact) mass is 390 g/mol. The standard InChI is InChI=1S/C24H30N4O/c1-4-6-20(22(5-2)26-17-29)13-18(3)24-15-21-14-19(7-8-23(21)27-24)16-28-11-9-25-10-12-28/h4-8,13-15,17,25,27H,2,9-12,16H2,1,3H3,(H,26,29)/b6-4-,18-13+,22-20-. The summed E-state index contributed by atoms with van der Waals surface area (Å²) in [5.41, 5.74) is 6.21. The smallest absolute Gasteiger partial charge is 0.211 e. The summed E-state index contributed by atoms with van der Waals surface area (Å²) in [6.45, 7) is 13.1. The van der Waals surface area contributed by atoms with Gasteiger partial charge in [-0.2, -0.15) is 0 Å². The van der Waals surface area contributed by atoms with Gasteiger partial charge in [0.2, 0.25) is 6.41 Å². The van der Waals surface area contributed by atoms with Crippen LogP contribution in [0.1, 0.15) is 25.1 Å². The van der Waals surface area contributed by atoms with E-state index in [0.29, 0.717) is 12.1 Å². The van der Waals surface area contributed by atoms with Gasteiger partial charge >= 0.3 is 0 Å². The van der Waals surface area contributed by atoms with Crippen molar-refractivity contribution in [3.8, 4) is 0 Å². The van der Waals surface area contributed by atoms with Crippen LogP contribution < -0.4 is 10.6 Å². The molecule has 1 saturated heterocycles. The second-order valence-electron chi connectivity index (χ2n) is 7.29. The lowest BCUT2D eigenvalue weighted by atomic mass is 10.1. The Morgan fingerprint density at radius 1 is 1.28 bits per heavy atom. The number of hydrogen-bond donors (Lipinski definition) is 3. The summed E-state index contributed by atoms with van der Waals surface area (Å²) >= 11 is 0. The van der Waals surface area contributed by atoms with E-state index in [9.17, 15) is 4.79 Å². The van der Waals surface area contributed by atoms with Gasteiger partial charge in [0.05, 0.1) is 0 Å². The molecule has 0 saturated carbocycles. The van der Waals surface area contributed by atoms with Gasteiger partial charge in [0.1, 0.15) is 0 Å². The van der Waals surface area contributed by atoms with E-state index in [-0.39, 0.29) is 0 Å². The highest BCUT2D eigenvalue weighted by molar-refractivity contribution is 5.85. The summed E-state index contributed by atoms with van der Waals surface area (Å²) in [4.78, 5) is 16.9. The fourth-order valence-corrected chi connectivity index (χ4v) is 3.65. The topological polar surface area (TPSA) is 60.2 Å². The van der Waals surface area contributed by atoms with Gasteiger partial charge in [-0.3, -0.25) is 9.69 Å². The van der Waals surface area contributed by atoms with E-state index in [2.05, 4.69) is 64.4 Å². The molecule has 0 atom stereocenters. The molecule has 0 aliphatic carbocycles. The average Bonchev–Trinajstić information content (AvgIpc) is 3.16. The Morgan fingerprint density at radius 2 is 2.07 bits per heavy atom. The van der Waals surface area contributed by atoms with Crippen molar-refractivity contribution in [3.63, 3.8) is 0 Å². The molecule has 0 spiro atoms. The highest BCUT2D eigenvalue weighted by Crippen LogP contribution is 2.24. The van der Waals surface area contributed by atoms with Crippen LogP contribution in [-0.2, 0) is 11.3 Å². The second kappa shape index (κ2) is 10.0. The highest BCUT2D eigenvalue weighted by atomic mass is 16.1. The Morgan fingerprint density at radius 3 is 2.76 bits per heavy atom. The number of aromatic nitrogens is 1. The van der Waals surface area contributed by atoms with Gasteiger partial charge in [0.25, 0.3) is 0 Å². The molecule has 1 aliphatic rings. The molecule has 1 aromatic heterocycles. The first-order valence-electron chi connectivity index (χ1n) is 10.1. The number of carbonyl (C=O) groups excluding carboxylic acids is 1. The van der Waals surface area contributed by atoms with Crippen molar-refractivity contribution in [2.24, 2.45) is 0 Å². The quantitative estimate of drug-likeness (QED) is 0.475. The number of fused-ring (bicyclic) bond motifs is 1. The first-order valence-corrected chi connectivity index (χ1v) is 10.1. The Bertz CT molecular complexity index is 958. The molecular weight excluding hydrogens is 360 g/mol. The Labute approximate surface area is 172 Å². The largest absolute Gasteiger partial charge is 0.355 e. The van der Waals surface area contributed by atoms with Gasteiger partial charge in [-0.05, 0) is 60.9 Å². The van der Waals surface area contributed by atoms with Crippen LogP contribution in [0.15, 0.2) is 66.4 Å². The normalized spacial score (nSPS) is 16.8. The minimum atomic E-state index is 0.673. The maximum absolute atomic E-state index is 10.9. The van der Waals surface area contributed by atoms with Crippen LogP contribution in [0, 0.1) is 0 Å². The van der Waals surface area contributed by atoms with Gasteiger partial charge in [-0.25, -0.2) is 0 Å². The van der Waals surface area contributed by atoms with Crippen LogP contribution in [0.4, 0.5) is 0 Å². The Balaban J connectivity index is 1.87. The summed E-state index contributed by atoms with van der Waals surface area (Å²) < 4.78 is 0. The number of nitrogens with one attached hydrogen (secondary N) is 3. The second-order valence-corrected chi connectivity index (χ2v) is 7.29. The minimum Gasteiger partial charge on any atom is -0.355 e. The average molecular weight is 391 g/mol. The molecule has 2 heterocycles. The van der Waals surface area contributed by atoms with Crippen molar-refractivity contribution in [2.75, 3.05) is 26.2 Å². The first kappa shape index (κ1) is 20.8. The zero-order chi connectivity index (χ0) is 20.6. The van der Waals surface area contributed by atoms with Crippen molar-refractivity contribution in [2.45, 2.75) is 20.4 Å². The van der Waals surface area contributed by atoms with Crippen LogP contribution in [0.2, 0.25) is 0 Å². The molecular formula is C24H30N4O. The highest BCUT2D eigenvalue weighted by Gasteiger charge is 2.11. The third-order valence-corrected chi connectivity index (χ3v) is 5.17. The van der Waals surface area contributed by atoms with Crippen LogP contribution >= 0.6 is 0 Å². The van der Waals surface area contributed by atoms with Crippen LogP contribution in [0.5, 0.6) is 0 Å².